The molecule has 0 aliphatic heterocycles. The fraction of sp³-hybridized carbons (Fsp3) is 0.692. The predicted octanol–water partition coefficient (Wildman–Crippen LogP) is 9.66. The fourth-order valence-electron chi connectivity index (χ4n) is 4.55. The van der Waals surface area contributed by atoms with E-state index in [0.29, 0.717) is 12.8 Å². The lowest BCUT2D eigenvalue weighted by atomic mass is 10.0. The molecule has 258 valence electrons. The Morgan fingerprint density at radius 2 is 1.20 bits per heavy atom. The quantitative estimate of drug-likeness (QED) is 0.0355. The SMILES string of the molecule is CC[C@@H](O)/C=C/C=C\C/C=C\C/C=C\C/C=C\CCCC(=O)O[C@@H](CO)COC(=O)CCCCCCCCCCCCC(C)C. The number of esters is 2. The van der Waals surface area contributed by atoms with Gasteiger partial charge in [0.25, 0.3) is 0 Å². The standard InChI is InChI=1S/C39H66O6/c1-4-36(41)30-26-22-18-14-9-7-5-6-8-10-16-20-24-28-32-39(43)45-37(33-40)34-44-38(42)31-27-23-19-15-12-11-13-17-21-25-29-35(2)3/h6-9,16,18,20,22,26,30,35-37,40-41H,4-5,10-15,17,19,21,23-25,27-29,31-34H2,1-3H3/b8-6-,9-7-,20-16-,22-18-,30-26+/t36-,37+/m1/s1. The zero-order valence-corrected chi connectivity index (χ0v) is 28.9. The summed E-state index contributed by atoms with van der Waals surface area (Å²) in [7, 11) is 0. The van der Waals surface area contributed by atoms with Gasteiger partial charge in [0.1, 0.15) is 6.61 Å². The van der Waals surface area contributed by atoms with Crippen LogP contribution < -0.4 is 0 Å². The number of allylic oxidation sites excluding steroid dienone is 9. The lowest BCUT2D eigenvalue weighted by molar-refractivity contribution is -0.161. The minimum absolute atomic E-state index is 0.0994. The molecule has 0 rings (SSSR count). The zero-order chi connectivity index (χ0) is 33.2. The summed E-state index contributed by atoms with van der Waals surface area (Å²) in [5, 5.41) is 18.9. The highest BCUT2D eigenvalue weighted by Crippen LogP contribution is 2.14. The number of carbonyl (C=O) groups excluding carboxylic acids is 2. The minimum Gasteiger partial charge on any atom is -0.462 e. The van der Waals surface area contributed by atoms with Crippen molar-refractivity contribution in [2.45, 2.75) is 155 Å². The van der Waals surface area contributed by atoms with E-state index in [1.54, 1.807) is 6.08 Å². The van der Waals surface area contributed by atoms with Crippen LogP contribution >= 0.6 is 0 Å². The molecule has 0 fully saturated rings. The Morgan fingerprint density at radius 3 is 1.78 bits per heavy atom. The summed E-state index contributed by atoms with van der Waals surface area (Å²) < 4.78 is 10.5. The van der Waals surface area contributed by atoms with Crippen LogP contribution in [-0.4, -0.2) is 47.6 Å². The van der Waals surface area contributed by atoms with Crippen LogP contribution in [0.4, 0.5) is 0 Å². The summed E-state index contributed by atoms with van der Waals surface area (Å²) in [6, 6.07) is 0. The van der Waals surface area contributed by atoms with Crippen LogP contribution in [0.5, 0.6) is 0 Å². The van der Waals surface area contributed by atoms with Crippen LogP contribution in [0.1, 0.15) is 143 Å². The molecule has 2 atom stereocenters. The topological polar surface area (TPSA) is 93.1 Å². The van der Waals surface area contributed by atoms with E-state index in [2.05, 4.69) is 56.4 Å². The third-order valence-corrected chi connectivity index (χ3v) is 7.41. The van der Waals surface area contributed by atoms with Crippen LogP contribution in [0.25, 0.3) is 0 Å². The molecule has 0 bridgehead atoms. The Bertz CT molecular complexity index is 838. The van der Waals surface area contributed by atoms with E-state index in [1.165, 1.54) is 51.4 Å². The Kier molecular flexibility index (Phi) is 31.2. The average Bonchev–Trinajstić information content (AvgIpc) is 3.02. The van der Waals surface area contributed by atoms with Gasteiger partial charge in [-0.05, 0) is 50.9 Å². The molecule has 0 saturated heterocycles. The number of hydrogen-bond acceptors (Lipinski definition) is 6. The van der Waals surface area contributed by atoms with Crippen molar-refractivity contribution in [1.82, 2.24) is 0 Å². The third kappa shape index (κ3) is 32.8. The third-order valence-electron chi connectivity index (χ3n) is 7.41. The second-order valence-corrected chi connectivity index (χ2v) is 12.2. The van der Waals surface area contributed by atoms with Gasteiger partial charge in [0.2, 0.25) is 0 Å². The first-order valence-electron chi connectivity index (χ1n) is 17.8. The highest BCUT2D eigenvalue weighted by molar-refractivity contribution is 5.70. The van der Waals surface area contributed by atoms with Crippen LogP contribution in [0.3, 0.4) is 0 Å². The highest BCUT2D eigenvalue weighted by Gasteiger charge is 2.15. The Labute approximate surface area is 275 Å². The molecule has 0 saturated carbocycles. The van der Waals surface area contributed by atoms with E-state index in [-0.39, 0.29) is 37.7 Å². The summed E-state index contributed by atoms with van der Waals surface area (Å²) in [6.07, 6.45) is 38.0. The van der Waals surface area contributed by atoms with E-state index in [1.807, 2.05) is 19.1 Å². The molecule has 0 spiro atoms. The summed E-state index contributed by atoms with van der Waals surface area (Å²) in [5.41, 5.74) is 0. The highest BCUT2D eigenvalue weighted by atomic mass is 16.6. The second-order valence-electron chi connectivity index (χ2n) is 12.2. The Hall–Kier alpha value is -2.44. The minimum atomic E-state index is -0.811. The van der Waals surface area contributed by atoms with Crippen molar-refractivity contribution in [2.24, 2.45) is 5.92 Å². The van der Waals surface area contributed by atoms with Gasteiger partial charge in [0.15, 0.2) is 6.10 Å². The summed E-state index contributed by atoms with van der Waals surface area (Å²) in [4.78, 5) is 24.1. The fourth-order valence-corrected chi connectivity index (χ4v) is 4.55. The van der Waals surface area contributed by atoms with Gasteiger partial charge >= 0.3 is 11.9 Å². The van der Waals surface area contributed by atoms with Gasteiger partial charge in [-0.15, -0.1) is 0 Å². The molecule has 0 unspecified atom stereocenters. The molecule has 0 radical (unpaired) electrons. The number of aliphatic hydroxyl groups is 2. The largest absolute Gasteiger partial charge is 0.462 e. The Morgan fingerprint density at radius 1 is 0.667 bits per heavy atom. The average molecular weight is 631 g/mol. The summed E-state index contributed by atoms with van der Waals surface area (Å²) in [6.45, 7) is 6.06. The van der Waals surface area contributed by atoms with Gasteiger partial charge in [0, 0.05) is 12.8 Å². The number of unbranched alkanes of at least 4 members (excludes halogenated alkanes) is 10. The molecule has 45 heavy (non-hydrogen) atoms. The maximum Gasteiger partial charge on any atom is 0.306 e. The van der Waals surface area contributed by atoms with Crippen LogP contribution in [0.2, 0.25) is 0 Å². The van der Waals surface area contributed by atoms with Crippen molar-refractivity contribution in [3.8, 4) is 0 Å². The van der Waals surface area contributed by atoms with E-state index in [4.69, 9.17) is 9.47 Å². The number of aliphatic hydroxyl groups excluding tert-OH is 2. The first-order valence-corrected chi connectivity index (χ1v) is 17.8. The molecule has 0 aromatic heterocycles. The molecule has 2 N–H and O–H groups in total. The van der Waals surface area contributed by atoms with Gasteiger partial charge in [-0.1, -0.05) is 146 Å². The van der Waals surface area contributed by atoms with Crippen molar-refractivity contribution >= 4 is 11.9 Å². The van der Waals surface area contributed by atoms with E-state index < -0.39 is 6.10 Å². The monoisotopic (exact) mass is 630 g/mol. The molecular formula is C39H66O6. The molecule has 0 aliphatic carbocycles. The van der Waals surface area contributed by atoms with Gasteiger partial charge < -0.3 is 19.7 Å². The van der Waals surface area contributed by atoms with E-state index in [0.717, 1.165) is 57.3 Å². The normalized spacial score (nSPS) is 13.7. The Balaban J connectivity index is 3.74. The molecule has 6 heteroatoms. The first-order chi connectivity index (χ1) is 21.9. The smallest absolute Gasteiger partial charge is 0.306 e. The summed E-state index contributed by atoms with van der Waals surface area (Å²) >= 11 is 0. The van der Waals surface area contributed by atoms with Crippen molar-refractivity contribution in [2.75, 3.05) is 13.2 Å². The lowest BCUT2D eigenvalue weighted by Gasteiger charge is -2.15. The lowest BCUT2D eigenvalue weighted by Crippen LogP contribution is -2.28. The zero-order valence-electron chi connectivity index (χ0n) is 28.9. The molecule has 6 nitrogen and oxygen atoms in total. The molecule has 0 heterocycles. The maximum absolute atomic E-state index is 12.1. The van der Waals surface area contributed by atoms with Crippen molar-refractivity contribution in [1.29, 1.82) is 0 Å². The van der Waals surface area contributed by atoms with Crippen molar-refractivity contribution in [3.05, 3.63) is 60.8 Å². The number of rotatable bonds is 30. The van der Waals surface area contributed by atoms with Crippen LogP contribution in [0.15, 0.2) is 60.8 Å². The number of ether oxygens (including phenoxy) is 2. The van der Waals surface area contributed by atoms with Crippen molar-refractivity contribution in [3.63, 3.8) is 0 Å². The summed E-state index contributed by atoms with van der Waals surface area (Å²) in [5.74, 6) is 0.135. The number of hydrogen-bond donors (Lipinski definition) is 2. The van der Waals surface area contributed by atoms with Gasteiger partial charge in [-0.25, -0.2) is 0 Å². The maximum atomic E-state index is 12.1. The van der Waals surface area contributed by atoms with Gasteiger partial charge in [-0.3, -0.25) is 9.59 Å². The molecule has 0 aromatic carbocycles. The van der Waals surface area contributed by atoms with E-state index in [9.17, 15) is 19.8 Å². The second kappa shape index (κ2) is 32.9. The van der Waals surface area contributed by atoms with Gasteiger partial charge in [-0.2, -0.15) is 0 Å². The van der Waals surface area contributed by atoms with Crippen LogP contribution in [-0.2, 0) is 19.1 Å². The molecule has 0 aromatic rings. The van der Waals surface area contributed by atoms with Gasteiger partial charge in [0.05, 0.1) is 12.7 Å². The van der Waals surface area contributed by atoms with Crippen LogP contribution in [0, 0.1) is 5.92 Å². The van der Waals surface area contributed by atoms with Crippen molar-refractivity contribution < 1.29 is 29.3 Å². The molecular weight excluding hydrogens is 564 g/mol. The van der Waals surface area contributed by atoms with E-state index >= 15 is 0 Å². The number of carbonyl (C=O) groups is 2. The molecule has 0 amide bonds. The molecule has 0 aliphatic rings. The first kappa shape index (κ1) is 42.6. The predicted molar refractivity (Wildman–Crippen MR) is 188 cm³/mol.